The fraction of sp³-hybridized carbons (Fsp3) is 0.0345. The number of aryl methyl sites for hydroxylation is 4. The Labute approximate surface area is 859 Å². The summed E-state index contributed by atoms with van der Waals surface area (Å²) in [5, 5.41) is 21.6. The summed E-state index contributed by atoms with van der Waals surface area (Å²) in [5.74, 6) is 6.64. The summed E-state index contributed by atoms with van der Waals surface area (Å²) in [4.78, 5) is 26.7. The molecule has 16 nitrogen and oxygen atoms in total. The molecule has 0 aliphatic heterocycles. The molecule has 665 valence electrons. The predicted octanol–water partition coefficient (Wildman–Crippen LogP) is 24.3. The number of hydrogen-bond donors (Lipinski definition) is 1. The molecular weight excluding hydrogens is 1910 g/mol. The predicted molar refractivity (Wildman–Crippen MR) is 564 cm³/mol. The molecular formula is C116H90Al4GaN6O10SiZn. The van der Waals surface area contributed by atoms with Gasteiger partial charge < -0.3 is 31.3 Å². The van der Waals surface area contributed by atoms with Crippen LogP contribution in [0.25, 0.3) is 110 Å². The zero-order valence-corrected chi connectivity index (χ0v) is 88.2. The van der Waals surface area contributed by atoms with Crippen LogP contribution >= 0.6 is 0 Å². The van der Waals surface area contributed by atoms with E-state index in [0.29, 0.717) is 5.52 Å². The molecule has 0 spiro atoms. The van der Waals surface area contributed by atoms with E-state index in [1.807, 2.05) is 258 Å². The molecule has 23 heteroatoms. The molecule has 1 N–H and O–H groups in total. The number of para-hydroxylation sites is 6. The van der Waals surface area contributed by atoms with Gasteiger partial charge in [-0.15, -0.1) is 0 Å². The minimum atomic E-state index is -2.76. The van der Waals surface area contributed by atoms with E-state index in [2.05, 4.69) is 231 Å². The van der Waals surface area contributed by atoms with Crippen molar-refractivity contribution >= 4 is 182 Å². The van der Waals surface area contributed by atoms with E-state index < -0.39 is 74.1 Å². The molecule has 22 aromatic rings. The van der Waals surface area contributed by atoms with Crippen LogP contribution in [-0.4, -0.2) is 126 Å². The molecule has 139 heavy (non-hydrogen) atoms. The van der Waals surface area contributed by atoms with E-state index in [1.54, 1.807) is 24.5 Å². The molecule has 0 aliphatic carbocycles. The normalized spacial score (nSPS) is 10.6. The average molecular weight is 2000 g/mol. The third kappa shape index (κ3) is 25.9. The van der Waals surface area contributed by atoms with E-state index >= 15 is 0 Å². The van der Waals surface area contributed by atoms with Crippen LogP contribution in [0.2, 0.25) is 0 Å². The molecule has 0 fully saturated rings. The maximum Gasteiger partial charge on any atom is 0.494 e. The summed E-state index contributed by atoms with van der Waals surface area (Å²) in [6, 6.07) is 151. The first kappa shape index (κ1) is 98.1. The maximum atomic E-state index is 9.31. The van der Waals surface area contributed by atoms with Gasteiger partial charge in [0.25, 0.3) is 8.32 Å². The summed E-state index contributed by atoms with van der Waals surface area (Å²) in [6.07, 6.45) is 3.44. The van der Waals surface area contributed by atoms with Crippen LogP contribution in [0.15, 0.2) is 461 Å². The number of phenols is 1. The number of rotatable bonds is 23. The van der Waals surface area contributed by atoms with Crippen molar-refractivity contribution in [3.05, 3.63) is 484 Å². The molecule has 5 radical (unpaired) electrons. The molecule has 0 saturated heterocycles. The van der Waals surface area contributed by atoms with Crippen LogP contribution in [0.3, 0.4) is 0 Å². The number of phenolic OH excluding ortho intramolecular Hbond substituents is 1. The van der Waals surface area contributed by atoms with E-state index in [-0.39, 0.29) is 25.2 Å². The number of aromatic nitrogens is 6. The number of nitrogens with zero attached hydrogens (tertiary/aromatic N) is 6. The Kier molecular flexibility index (Phi) is 34.8. The van der Waals surface area contributed by atoms with Gasteiger partial charge in [0.1, 0.15) is 56.3 Å². The third-order valence-electron chi connectivity index (χ3n) is 22.5. The van der Waals surface area contributed by atoms with Gasteiger partial charge in [0.15, 0.2) is 0 Å². The fourth-order valence-electron chi connectivity index (χ4n) is 15.6. The first-order valence-corrected chi connectivity index (χ1v) is 52.1. The molecule has 0 saturated carbocycles. The van der Waals surface area contributed by atoms with E-state index in [0.717, 1.165) is 134 Å². The van der Waals surface area contributed by atoms with Crippen LogP contribution in [0, 0.1) is 27.7 Å². The van der Waals surface area contributed by atoms with Crippen molar-refractivity contribution in [2.75, 3.05) is 0 Å². The fourth-order valence-corrected chi connectivity index (χ4v) is 24.0. The number of benzene rings is 16. The van der Waals surface area contributed by atoms with Gasteiger partial charge in [0.2, 0.25) is 0 Å². The minimum Gasteiger partial charge on any atom is -0.649 e. The molecule has 0 unspecified atom stereocenters. The zero-order chi connectivity index (χ0) is 94.5. The van der Waals surface area contributed by atoms with Gasteiger partial charge in [-0.1, -0.05) is 273 Å². The standard InChI is InChI=1S/C18H15OSi.C16H12O.2C12H10O.4C10H9NO.2C9H7NO.4Al.Ga.Zn.H/c19-20(16-10-4-1-5-11-16,17-12-6-2-7-13-17)18-14-8-3-9-15-18;17-16-9-8-14-10-13(6-7-15(14)11-16)12-4-2-1-3-5-12;2*13-12-8-6-11(7-9-12)10-4-2-1-3-5-10;4*1-7-5-6-8-3-2-4-9(12)10(8)11-7;2*11-8-5-1-3-7-4-2-6-10-9(7)8;;;;;;;/h1-15H;1-11,17H;2*1-9,13H;4*2-6,12H,1H3;2*1-6,11H;;;;;;;/q-1;;;;;;;;;;+1;4*+2;;/p-8. The molecule has 0 amide bonds. The summed E-state index contributed by atoms with van der Waals surface area (Å²) in [7, 11) is -2.76. The Balaban J connectivity index is 0.000000124. The summed E-state index contributed by atoms with van der Waals surface area (Å²) in [5.41, 5.74) is 16.2. The first-order valence-electron chi connectivity index (χ1n) is 44.8. The Morgan fingerprint density at radius 3 is 1.01 bits per heavy atom. The second kappa shape index (κ2) is 49.3. The summed E-state index contributed by atoms with van der Waals surface area (Å²) < 4.78 is 53.9. The number of pyridine rings is 6. The molecule has 6 heterocycles. The Morgan fingerprint density at radius 1 is 0.252 bits per heavy atom. The SMILES string of the molecule is Cc1ccc2cccc([O][Al][O][Si](c3ccccc3)(c3ccccc3)c3ccccc3)c2n1.Cc1ccc2cccc([O][Al][O]c3ccc(-c4ccccc4)cc3)c2n1.Cc1ccc2cccc([O][Al][O]c3ccc4cc(-c5ccccc5)ccc4c3)c2n1.Cc1ccc2cccc([O][Ga][O]c3ccc(-c4ccccc4)cc3)c2n1.Oc1cccc2cccnc12.[AlH][O]c1cccc2cccnc12.[Zn]. The zero-order valence-electron chi connectivity index (χ0n) is 76.9. The second-order valence-corrected chi connectivity index (χ2v) is 39.4. The number of fused-ring (bicyclic) bond motifs is 7. The van der Waals surface area contributed by atoms with Crippen LogP contribution < -0.4 is 45.3 Å². The van der Waals surface area contributed by atoms with Gasteiger partial charge >= 0.3 is 226 Å². The quantitative estimate of drug-likeness (QED) is 0.0471. The molecule has 0 atom stereocenters. The van der Waals surface area contributed by atoms with Crippen molar-refractivity contribution in [1.82, 2.24) is 29.9 Å². The van der Waals surface area contributed by atoms with E-state index in [1.165, 1.54) is 71.0 Å². The van der Waals surface area contributed by atoms with E-state index in [4.69, 9.17) is 38.3 Å². The van der Waals surface area contributed by atoms with Crippen molar-refractivity contribution < 1.29 is 57.9 Å². The first-order chi connectivity index (χ1) is 67.9. The Hall–Kier alpha value is -14.0. The van der Waals surface area contributed by atoms with Crippen molar-refractivity contribution in [3.63, 3.8) is 0 Å². The molecule has 0 bridgehead atoms. The van der Waals surface area contributed by atoms with Crippen LogP contribution in [0.1, 0.15) is 22.8 Å². The van der Waals surface area contributed by atoms with Crippen LogP contribution in [0.4, 0.5) is 0 Å². The minimum absolute atomic E-state index is 0. The third-order valence-corrected chi connectivity index (χ3v) is 31.4. The average Bonchev–Trinajstić information content (AvgIpc) is 0.753. The smallest absolute Gasteiger partial charge is 0.494 e. The van der Waals surface area contributed by atoms with Crippen LogP contribution in [-0.2, 0) is 23.0 Å². The van der Waals surface area contributed by atoms with Crippen molar-refractivity contribution in [2.24, 2.45) is 0 Å². The number of aromatic hydroxyl groups is 1. The topological polar surface area (TPSA) is 181 Å². The van der Waals surface area contributed by atoms with Gasteiger partial charge in [-0.2, -0.15) is 0 Å². The van der Waals surface area contributed by atoms with Gasteiger partial charge in [0, 0.05) is 75.9 Å². The second-order valence-electron chi connectivity index (χ2n) is 31.9. The van der Waals surface area contributed by atoms with Gasteiger partial charge in [0.05, 0.1) is 11.5 Å². The number of hydrogen-bond acceptors (Lipinski definition) is 16. The van der Waals surface area contributed by atoms with Crippen molar-refractivity contribution in [1.29, 1.82) is 0 Å². The van der Waals surface area contributed by atoms with Crippen molar-refractivity contribution in [3.8, 4) is 85.1 Å². The Bertz CT molecular complexity index is 7530. The molecule has 0 aliphatic rings. The molecule has 22 rings (SSSR count). The monoisotopic (exact) mass is 2000 g/mol. The molecule has 6 aromatic heterocycles. The maximum absolute atomic E-state index is 9.31. The van der Waals surface area contributed by atoms with Gasteiger partial charge in [-0.25, -0.2) is 15.0 Å². The van der Waals surface area contributed by atoms with Gasteiger partial charge in [-0.3, -0.25) is 9.97 Å². The van der Waals surface area contributed by atoms with E-state index in [9.17, 15) is 5.11 Å². The van der Waals surface area contributed by atoms with Crippen molar-refractivity contribution in [2.45, 2.75) is 27.7 Å². The summed E-state index contributed by atoms with van der Waals surface area (Å²) >= 11 is -2.05. The largest absolute Gasteiger partial charge is 0.649 e. The summed E-state index contributed by atoms with van der Waals surface area (Å²) in [6.45, 7) is 7.95. The van der Waals surface area contributed by atoms with Gasteiger partial charge in [-0.05, 0) is 160 Å². The Morgan fingerprint density at radius 2 is 0.568 bits per heavy atom. The molecule has 16 aromatic carbocycles. The van der Waals surface area contributed by atoms with Crippen LogP contribution in [0.5, 0.6) is 51.7 Å².